The van der Waals surface area contributed by atoms with Gasteiger partial charge in [-0.15, -0.1) is 6.58 Å². The zero-order valence-electron chi connectivity index (χ0n) is 18.7. The second-order valence-electron chi connectivity index (χ2n) is 8.98. The number of allylic oxidation sites excluding steroid dienone is 9. The van der Waals surface area contributed by atoms with Gasteiger partial charge in [-0.1, -0.05) is 76.3 Å². The quantitative estimate of drug-likeness (QED) is 0.401. The number of hydrogen-bond acceptors (Lipinski definition) is 0. The Morgan fingerprint density at radius 2 is 1.65 bits per heavy atom. The van der Waals surface area contributed by atoms with Crippen molar-refractivity contribution < 1.29 is 0 Å². The van der Waals surface area contributed by atoms with Crippen molar-refractivity contribution in [2.45, 2.75) is 74.7 Å². The maximum atomic E-state index is 4.36. The first-order chi connectivity index (χ1) is 11.9. The fourth-order valence-corrected chi connectivity index (χ4v) is 3.25. The van der Waals surface area contributed by atoms with Crippen molar-refractivity contribution in [1.29, 1.82) is 0 Å². The number of hydrogen-bond donors (Lipinski definition) is 0. The van der Waals surface area contributed by atoms with E-state index in [4.69, 9.17) is 0 Å². The summed E-state index contributed by atoms with van der Waals surface area (Å²) in [7, 11) is 0. The molecule has 0 saturated heterocycles. The maximum Gasteiger partial charge on any atom is -0.00410 e. The third-order valence-electron chi connectivity index (χ3n) is 4.67. The minimum atomic E-state index is 0.193. The van der Waals surface area contributed by atoms with Crippen molar-refractivity contribution in [2.24, 2.45) is 17.3 Å². The van der Waals surface area contributed by atoms with Gasteiger partial charge in [0.15, 0.2) is 0 Å². The Hall–Kier alpha value is -1.56. The predicted octanol–water partition coefficient (Wildman–Crippen LogP) is 8.61. The first-order valence-corrected chi connectivity index (χ1v) is 9.90. The average Bonchev–Trinajstić information content (AvgIpc) is 2.72. The largest absolute Gasteiger partial charge is 0.103 e. The van der Waals surface area contributed by atoms with Gasteiger partial charge in [0.2, 0.25) is 0 Å². The highest BCUT2D eigenvalue weighted by atomic mass is 14.4. The van der Waals surface area contributed by atoms with E-state index in [0.29, 0.717) is 11.8 Å². The highest BCUT2D eigenvalue weighted by Crippen LogP contribution is 2.48. The molecule has 0 aromatic heterocycles. The lowest BCUT2D eigenvalue weighted by atomic mass is 9.78. The van der Waals surface area contributed by atoms with E-state index >= 15 is 0 Å². The molecule has 0 saturated carbocycles. The van der Waals surface area contributed by atoms with Crippen molar-refractivity contribution in [3.63, 3.8) is 0 Å². The molecule has 0 N–H and O–H groups in total. The third-order valence-corrected chi connectivity index (χ3v) is 4.67. The van der Waals surface area contributed by atoms with Crippen molar-refractivity contribution in [1.82, 2.24) is 0 Å². The number of rotatable bonds is 7. The van der Waals surface area contributed by atoms with Gasteiger partial charge in [-0.3, -0.25) is 0 Å². The molecule has 0 heterocycles. The Bertz CT molecular complexity index is 580. The van der Waals surface area contributed by atoms with Gasteiger partial charge in [0.05, 0.1) is 0 Å². The standard InChI is InChI=1S/C19H30.C7H12/c1-13(2)9-10-18-16(6)17(12-19(18,7)8)15(5)11-14(3)4;1-4-5-6-7(2)3/h9,12,14,18H,5-6,10-11H2,1-4,7-8H3;4,6H,1,5H2,2-3H3. The molecule has 1 rings (SSSR count). The normalized spacial score (nSPS) is 17.8. The molecule has 1 aliphatic carbocycles. The topological polar surface area (TPSA) is 0 Å². The Labute approximate surface area is 164 Å². The van der Waals surface area contributed by atoms with Crippen molar-refractivity contribution >= 4 is 0 Å². The minimum absolute atomic E-state index is 0.193. The van der Waals surface area contributed by atoms with Crippen LogP contribution in [0.2, 0.25) is 0 Å². The van der Waals surface area contributed by atoms with E-state index in [1.54, 1.807) is 0 Å². The summed E-state index contributed by atoms with van der Waals surface area (Å²) in [5.41, 5.74) is 6.81. The molecular formula is C26H42. The molecule has 0 spiro atoms. The lowest BCUT2D eigenvalue weighted by molar-refractivity contribution is 0.352. The van der Waals surface area contributed by atoms with Crippen LogP contribution < -0.4 is 0 Å². The van der Waals surface area contributed by atoms with Gasteiger partial charge >= 0.3 is 0 Å². The summed E-state index contributed by atoms with van der Waals surface area (Å²) in [6.07, 6.45) is 11.9. The zero-order valence-corrected chi connectivity index (χ0v) is 18.7. The molecule has 0 radical (unpaired) electrons. The molecule has 0 aromatic rings. The Kier molecular flexibility index (Phi) is 10.5. The summed E-state index contributed by atoms with van der Waals surface area (Å²) in [6.45, 7) is 29.9. The fraction of sp³-hybridized carbons (Fsp3) is 0.538. The predicted molar refractivity (Wildman–Crippen MR) is 121 cm³/mol. The molecule has 0 aliphatic heterocycles. The van der Waals surface area contributed by atoms with Crippen LogP contribution in [0, 0.1) is 17.3 Å². The fourth-order valence-electron chi connectivity index (χ4n) is 3.25. The first-order valence-electron chi connectivity index (χ1n) is 9.90. The highest BCUT2D eigenvalue weighted by molar-refractivity contribution is 5.52. The lowest BCUT2D eigenvalue weighted by Gasteiger charge is -2.26. The van der Waals surface area contributed by atoms with Crippen LogP contribution in [0.15, 0.2) is 71.9 Å². The van der Waals surface area contributed by atoms with Crippen molar-refractivity contribution in [3.8, 4) is 0 Å². The molecule has 0 heteroatoms. The van der Waals surface area contributed by atoms with Crippen LogP contribution in [0.25, 0.3) is 0 Å². The van der Waals surface area contributed by atoms with E-state index < -0.39 is 0 Å². The van der Waals surface area contributed by atoms with Gasteiger partial charge in [-0.25, -0.2) is 0 Å². The van der Waals surface area contributed by atoms with E-state index in [1.807, 2.05) is 6.08 Å². The SMILES string of the molecule is C=C(CC(C)C)C1=CC(C)(C)C(CC=C(C)C)C1=C.C=CCC=C(C)C. The molecule has 146 valence electrons. The van der Waals surface area contributed by atoms with Gasteiger partial charge in [-0.2, -0.15) is 0 Å². The summed E-state index contributed by atoms with van der Waals surface area (Å²) >= 11 is 0. The molecule has 0 bridgehead atoms. The molecule has 1 aliphatic rings. The maximum absolute atomic E-state index is 4.36. The van der Waals surface area contributed by atoms with Crippen LogP contribution in [0.4, 0.5) is 0 Å². The summed E-state index contributed by atoms with van der Waals surface area (Å²) in [6, 6.07) is 0. The van der Waals surface area contributed by atoms with E-state index in [1.165, 1.54) is 27.9 Å². The first kappa shape index (κ1) is 24.4. The van der Waals surface area contributed by atoms with Crippen molar-refractivity contribution in [2.75, 3.05) is 0 Å². The molecule has 0 nitrogen and oxygen atoms in total. The summed E-state index contributed by atoms with van der Waals surface area (Å²) in [4.78, 5) is 0. The highest BCUT2D eigenvalue weighted by Gasteiger charge is 2.37. The Morgan fingerprint density at radius 1 is 1.12 bits per heavy atom. The molecular weight excluding hydrogens is 312 g/mol. The van der Waals surface area contributed by atoms with Gasteiger partial charge < -0.3 is 0 Å². The molecule has 0 aromatic carbocycles. The van der Waals surface area contributed by atoms with Crippen LogP contribution >= 0.6 is 0 Å². The van der Waals surface area contributed by atoms with Gasteiger partial charge in [0.25, 0.3) is 0 Å². The van der Waals surface area contributed by atoms with Crippen LogP contribution in [-0.4, -0.2) is 0 Å². The molecule has 1 atom stereocenters. The molecule has 26 heavy (non-hydrogen) atoms. The van der Waals surface area contributed by atoms with E-state index in [0.717, 1.165) is 19.3 Å². The van der Waals surface area contributed by atoms with Crippen LogP contribution in [0.5, 0.6) is 0 Å². The van der Waals surface area contributed by atoms with Gasteiger partial charge in [0, 0.05) is 0 Å². The van der Waals surface area contributed by atoms with Crippen LogP contribution in [0.1, 0.15) is 74.7 Å². The molecule has 0 amide bonds. The van der Waals surface area contributed by atoms with E-state index in [-0.39, 0.29) is 5.41 Å². The summed E-state index contributed by atoms with van der Waals surface area (Å²) < 4.78 is 0. The summed E-state index contributed by atoms with van der Waals surface area (Å²) in [5.74, 6) is 1.17. The second kappa shape index (κ2) is 11.2. The molecule has 1 unspecified atom stereocenters. The molecule has 0 fully saturated rings. The third kappa shape index (κ3) is 8.70. The van der Waals surface area contributed by atoms with Crippen LogP contribution in [-0.2, 0) is 0 Å². The zero-order chi connectivity index (χ0) is 20.5. The minimum Gasteiger partial charge on any atom is -0.103 e. The summed E-state index contributed by atoms with van der Waals surface area (Å²) in [5, 5.41) is 0. The van der Waals surface area contributed by atoms with Gasteiger partial charge in [-0.05, 0) is 80.9 Å². The van der Waals surface area contributed by atoms with E-state index in [2.05, 4.69) is 93.4 Å². The van der Waals surface area contributed by atoms with Gasteiger partial charge in [0.1, 0.15) is 0 Å². The Balaban J connectivity index is 0.000000758. The van der Waals surface area contributed by atoms with E-state index in [9.17, 15) is 0 Å². The van der Waals surface area contributed by atoms with Crippen molar-refractivity contribution in [3.05, 3.63) is 71.9 Å². The Morgan fingerprint density at radius 3 is 2.04 bits per heavy atom. The van der Waals surface area contributed by atoms with Crippen LogP contribution in [0.3, 0.4) is 0 Å². The average molecular weight is 355 g/mol. The second-order valence-corrected chi connectivity index (χ2v) is 8.98. The lowest BCUT2D eigenvalue weighted by Crippen LogP contribution is -2.17. The monoisotopic (exact) mass is 354 g/mol. The smallest absolute Gasteiger partial charge is 0.00410 e.